The largest absolute Gasteiger partial charge is 0.360 e. The Labute approximate surface area is 185 Å². The normalized spacial score (nSPS) is 12.1. The van der Waals surface area contributed by atoms with Crippen LogP contribution in [-0.2, 0) is 0 Å². The highest BCUT2D eigenvalue weighted by atomic mass is 35.5. The molecule has 0 aliphatic rings. The van der Waals surface area contributed by atoms with E-state index in [-0.39, 0.29) is 18.0 Å². The second-order valence-electron chi connectivity index (χ2n) is 6.87. The van der Waals surface area contributed by atoms with Gasteiger partial charge in [0, 0.05) is 11.1 Å². The van der Waals surface area contributed by atoms with Crippen LogP contribution in [0.15, 0.2) is 47.1 Å². The number of aromatic amines is 1. The van der Waals surface area contributed by atoms with Crippen LogP contribution < -0.4 is 10.9 Å². The fourth-order valence-corrected chi connectivity index (χ4v) is 4.34. The van der Waals surface area contributed by atoms with Crippen LogP contribution in [0.2, 0.25) is 0 Å². The zero-order chi connectivity index (χ0) is 20.8. The minimum atomic E-state index is -0.417. The van der Waals surface area contributed by atoms with Crippen LogP contribution in [0.3, 0.4) is 0 Å². The van der Waals surface area contributed by atoms with Crippen LogP contribution in [0.4, 0.5) is 10.2 Å². The Balaban J connectivity index is 0.00000231. The van der Waals surface area contributed by atoms with E-state index < -0.39 is 11.9 Å². The molecule has 0 amide bonds. The molecule has 1 atom stereocenters. The van der Waals surface area contributed by atoms with Crippen molar-refractivity contribution in [3.05, 3.63) is 69.9 Å². The Hall–Kier alpha value is -3.37. The number of halogens is 2. The van der Waals surface area contributed by atoms with Crippen molar-refractivity contribution < 1.29 is 4.39 Å². The third kappa shape index (κ3) is 3.53. The number of thiazole rings is 1. The molecule has 2 N–H and O–H groups in total. The molecule has 4 heterocycles. The van der Waals surface area contributed by atoms with Gasteiger partial charge in [-0.3, -0.25) is 9.20 Å². The van der Waals surface area contributed by atoms with Crippen LogP contribution in [0.5, 0.6) is 0 Å². The Bertz CT molecular complexity index is 1460. The number of rotatable bonds is 4. The summed E-state index contributed by atoms with van der Waals surface area (Å²) in [6.45, 7) is 3.72. The lowest BCUT2D eigenvalue weighted by atomic mass is 10.0. The third-order valence-corrected chi connectivity index (χ3v) is 5.81. The minimum absolute atomic E-state index is 0. The monoisotopic (exact) mass is 457 g/mol. The summed E-state index contributed by atoms with van der Waals surface area (Å²) >= 11 is 1.38. The molecular formula is C20H17ClFN7OS. The van der Waals surface area contributed by atoms with Crippen molar-refractivity contribution in [1.82, 2.24) is 29.3 Å². The van der Waals surface area contributed by atoms with Crippen LogP contribution in [-0.4, -0.2) is 29.3 Å². The molecule has 158 valence electrons. The number of imidazole rings is 1. The van der Waals surface area contributed by atoms with Gasteiger partial charge in [-0.15, -0.1) is 23.7 Å². The zero-order valence-corrected chi connectivity index (χ0v) is 18.1. The van der Waals surface area contributed by atoms with E-state index in [0.717, 1.165) is 5.69 Å². The van der Waals surface area contributed by atoms with Crippen LogP contribution in [0.25, 0.3) is 27.3 Å². The molecule has 0 fully saturated rings. The van der Waals surface area contributed by atoms with Crippen LogP contribution in [0.1, 0.15) is 24.4 Å². The molecular weight excluding hydrogens is 441 g/mol. The standard InChI is InChI=1S/C20H16FN7OS.ClH/c1-10-7-30-20-27-15(11(2)26-18-16-17(23-8-22-16)24-9-25-18)14(19(29)28(10)20)12-4-3-5-13(21)6-12;/h3-9,11H,1-2H3,(H2,22,23,24,25,26);1H/t11-;/m0./s1. The number of nitrogens with zero attached hydrogens (tertiary/aromatic N) is 5. The molecule has 5 rings (SSSR count). The van der Waals surface area contributed by atoms with Gasteiger partial charge in [-0.1, -0.05) is 12.1 Å². The van der Waals surface area contributed by atoms with Crippen molar-refractivity contribution >= 4 is 45.7 Å². The van der Waals surface area contributed by atoms with Gasteiger partial charge in [-0.05, 0) is 31.5 Å². The second kappa shape index (κ2) is 8.05. The predicted molar refractivity (Wildman–Crippen MR) is 120 cm³/mol. The lowest BCUT2D eigenvalue weighted by Gasteiger charge is -2.18. The SMILES string of the molecule is Cc1csc2nc([C@H](C)Nc3ncnc4[nH]cnc34)c(-c3cccc(F)c3)c(=O)n12.Cl. The fraction of sp³-hybridized carbons (Fsp3) is 0.150. The Morgan fingerprint density at radius 3 is 2.90 bits per heavy atom. The number of aryl methyl sites for hydroxylation is 1. The van der Waals surface area contributed by atoms with Gasteiger partial charge in [-0.2, -0.15) is 0 Å². The molecule has 0 radical (unpaired) electrons. The summed E-state index contributed by atoms with van der Waals surface area (Å²) in [5.41, 5.74) is 3.06. The third-order valence-electron chi connectivity index (χ3n) is 4.86. The Morgan fingerprint density at radius 1 is 1.26 bits per heavy atom. The lowest BCUT2D eigenvalue weighted by molar-refractivity contribution is 0.628. The van der Waals surface area contributed by atoms with Crippen molar-refractivity contribution in [3.63, 3.8) is 0 Å². The molecule has 11 heteroatoms. The maximum absolute atomic E-state index is 14.0. The van der Waals surface area contributed by atoms with Gasteiger partial charge < -0.3 is 10.3 Å². The maximum atomic E-state index is 14.0. The molecule has 4 aromatic heterocycles. The highest BCUT2D eigenvalue weighted by Gasteiger charge is 2.22. The predicted octanol–water partition coefficient (Wildman–Crippen LogP) is 4.13. The van der Waals surface area contributed by atoms with Gasteiger partial charge >= 0.3 is 0 Å². The first-order valence-electron chi connectivity index (χ1n) is 9.20. The number of benzene rings is 1. The second-order valence-corrected chi connectivity index (χ2v) is 7.71. The van der Waals surface area contributed by atoms with E-state index in [0.29, 0.717) is 38.8 Å². The number of nitrogens with one attached hydrogen (secondary N) is 2. The van der Waals surface area contributed by atoms with E-state index in [1.165, 1.54) is 29.8 Å². The summed E-state index contributed by atoms with van der Waals surface area (Å²) in [5.74, 6) is 0.0999. The van der Waals surface area contributed by atoms with Gasteiger partial charge in [0.05, 0.1) is 23.6 Å². The number of anilines is 1. The van der Waals surface area contributed by atoms with Crippen molar-refractivity contribution in [2.45, 2.75) is 19.9 Å². The average Bonchev–Trinajstić information content (AvgIpc) is 3.35. The van der Waals surface area contributed by atoms with E-state index >= 15 is 0 Å². The summed E-state index contributed by atoms with van der Waals surface area (Å²) in [6, 6.07) is 5.58. The van der Waals surface area contributed by atoms with Gasteiger partial charge in [0.1, 0.15) is 17.7 Å². The number of H-pyrrole nitrogens is 1. The molecule has 0 saturated heterocycles. The number of fused-ring (bicyclic) bond motifs is 2. The topological polar surface area (TPSA) is 101 Å². The van der Waals surface area contributed by atoms with Crippen molar-refractivity contribution in [3.8, 4) is 11.1 Å². The number of hydrogen-bond donors (Lipinski definition) is 2. The number of hydrogen-bond acceptors (Lipinski definition) is 7. The van der Waals surface area contributed by atoms with Gasteiger partial charge in [-0.25, -0.2) is 24.3 Å². The van der Waals surface area contributed by atoms with Gasteiger partial charge in [0.25, 0.3) is 5.56 Å². The van der Waals surface area contributed by atoms with E-state index in [2.05, 4.69) is 25.3 Å². The average molecular weight is 458 g/mol. The number of aromatic nitrogens is 6. The summed E-state index contributed by atoms with van der Waals surface area (Å²) in [6.07, 6.45) is 2.97. The smallest absolute Gasteiger partial charge is 0.266 e. The summed E-state index contributed by atoms with van der Waals surface area (Å²) in [4.78, 5) is 34.3. The Morgan fingerprint density at radius 2 is 2.10 bits per heavy atom. The maximum Gasteiger partial charge on any atom is 0.266 e. The molecule has 5 aromatic rings. The van der Waals surface area contributed by atoms with Crippen LogP contribution >= 0.6 is 23.7 Å². The van der Waals surface area contributed by atoms with Crippen molar-refractivity contribution in [2.24, 2.45) is 0 Å². The first-order chi connectivity index (χ1) is 14.5. The van der Waals surface area contributed by atoms with Crippen molar-refractivity contribution in [1.29, 1.82) is 0 Å². The van der Waals surface area contributed by atoms with Gasteiger partial charge in [0.15, 0.2) is 16.4 Å². The summed E-state index contributed by atoms with van der Waals surface area (Å²) in [5, 5.41) is 5.15. The Kier molecular flexibility index (Phi) is 5.42. The van der Waals surface area contributed by atoms with Crippen LogP contribution in [0, 0.1) is 12.7 Å². The molecule has 8 nitrogen and oxygen atoms in total. The molecule has 0 aliphatic heterocycles. The first-order valence-corrected chi connectivity index (χ1v) is 10.1. The minimum Gasteiger partial charge on any atom is -0.360 e. The van der Waals surface area contributed by atoms with E-state index in [9.17, 15) is 9.18 Å². The van der Waals surface area contributed by atoms with E-state index in [1.54, 1.807) is 22.9 Å². The molecule has 0 aliphatic carbocycles. The molecule has 31 heavy (non-hydrogen) atoms. The zero-order valence-electron chi connectivity index (χ0n) is 16.5. The first kappa shape index (κ1) is 20.9. The van der Waals surface area contributed by atoms with Crippen molar-refractivity contribution in [2.75, 3.05) is 5.32 Å². The van der Waals surface area contributed by atoms with E-state index in [4.69, 9.17) is 4.98 Å². The molecule has 1 aromatic carbocycles. The molecule has 0 saturated carbocycles. The molecule has 0 spiro atoms. The van der Waals surface area contributed by atoms with E-state index in [1.807, 2.05) is 19.2 Å². The van der Waals surface area contributed by atoms with Gasteiger partial charge in [0.2, 0.25) is 0 Å². The quantitative estimate of drug-likeness (QED) is 0.421. The summed E-state index contributed by atoms with van der Waals surface area (Å²) in [7, 11) is 0. The highest BCUT2D eigenvalue weighted by Crippen LogP contribution is 2.29. The highest BCUT2D eigenvalue weighted by molar-refractivity contribution is 7.15. The molecule has 0 bridgehead atoms. The molecule has 0 unspecified atom stereocenters. The summed E-state index contributed by atoms with van der Waals surface area (Å²) < 4.78 is 15.5. The fourth-order valence-electron chi connectivity index (χ4n) is 3.47. The lowest BCUT2D eigenvalue weighted by Crippen LogP contribution is -2.23.